The monoisotopic (exact) mass is 198 g/mol. The van der Waals surface area contributed by atoms with E-state index in [4.69, 9.17) is 0 Å². The molecule has 2 fully saturated rings. The summed E-state index contributed by atoms with van der Waals surface area (Å²) in [5.74, 6) is -1.47. The van der Waals surface area contributed by atoms with Crippen molar-refractivity contribution in [2.24, 2.45) is 0 Å². The van der Waals surface area contributed by atoms with E-state index in [0.29, 0.717) is 0 Å². The summed E-state index contributed by atoms with van der Waals surface area (Å²) in [6.07, 6.45) is -0.567. The fourth-order valence-electron chi connectivity index (χ4n) is 1.64. The summed E-state index contributed by atoms with van der Waals surface area (Å²) in [5, 5.41) is 0. The van der Waals surface area contributed by atoms with Crippen molar-refractivity contribution in [2.45, 2.75) is 18.4 Å². The van der Waals surface area contributed by atoms with Gasteiger partial charge in [-0.2, -0.15) is 0 Å². The van der Waals surface area contributed by atoms with Crippen LogP contribution in [0.1, 0.15) is 12.8 Å². The lowest BCUT2D eigenvalue weighted by molar-refractivity contribution is -0.641. The largest absolute Gasteiger partial charge is 0.299 e. The van der Waals surface area contributed by atoms with Crippen LogP contribution in [0.3, 0.4) is 0 Å². The molecule has 1 aliphatic heterocycles. The zero-order valence-corrected chi connectivity index (χ0v) is 7.20. The molecule has 0 aromatic heterocycles. The number of hydrazine groups is 2. The van der Waals surface area contributed by atoms with Crippen LogP contribution in [0.5, 0.6) is 0 Å². The first-order valence-electron chi connectivity index (χ1n) is 4.11. The van der Waals surface area contributed by atoms with Gasteiger partial charge in [-0.3, -0.25) is 14.4 Å². The first-order chi connectivity index (χ1) is 6.54. The summed E-state index contributed by atoms with van der Waals surface area (Å²) in [7, 11) is 0. The maximum atomic E-state index is 11.5. The number of nitroso groups, excluding NO2 is 1. The minimum Gasteiger partial charge on any atom is -0.299 e. The van der Waals surface area contributed by atoms with Crippen LogP contribution in [0, 0.1) is 4.91 Å². The van der Waals surface area contributed by atoms with Gasteiger partial charge in [0.2, 0.25) is 10.5 Å². The molecule has 2 rings (SSSR count). The van der Waals surface area contributed by atoms with Crippen molar-refractivity contribution >= 4 is 17.3 Å². The maximum absolute atomic E-state index is 11.5. The van der Waals surface area contributed by atoms with Crippen LogP contribution in [0.25, 0.3) is 0 Å². The molecule has 1 aliphatic carbocycles. The number of nitrogens with zero attached hydrogens (tertiary/aromatic N) is 1. The lowest BCUT2D eigenvalue weighted by Gasteiger charge is -2.23. The first kappa shape index (κ1) is 8.79. The second-order valence-electron chi connectivity index (χ2n) is 3.38. The van der Waals surface area contributed by atoms with Crippen molar-refractivity contribution in [2.75, 3.05) is 6.54 Å². The van der Waals surface area contributed by atoms with E-state index in [-0.39, 0.29) is 24.4 Å². The van der Waals surface area contributed by atoms with Crippen LogP contribution >= 0.6 is 0 Å². The van der Waals surface area contributed by atoms with Gasteiger partial charge in [0.1, 0.15) is 12.3 Å². The molecule has 74 valence electrons. The Bertz CT molecular complexity index is 342. The van der Waals surface area contributed by atoms with Gasteiger partial charge in [-0.15, -0.1) is 5.43 Å². The Kier molecular flexibility index (Phi) is 1.63. The van der Waals surface area contributed by atoms with Crippen molar-refractivity contribution in [3.8, 4) is 0 Å². The van der Waals surface area contributed by atoms with Gasteiger partial charge in [-0.1, -0.05) is 5.43 Å². The summed E-state index contributed by atoms with van der Waals surface area (Å²) >= 11 is 0. The number of rotatable bonds is 0. The van der Waals surface area contributed by atoms with Gasteiger partial charge >= 0.3 is 0 Å². The Morgan fingerprint density at radius 1 is 1.14 bits per heavy atom. The lowest BCUT2D eigenvalue weighted by Crippen LogP contribution is -2.61. The molecule has 14 heavy (non-hydrogen) atoms. The quantitative estimate of drug-likeness (QED) is 0.346. The molecule has 0 bridgehead atoms. The second kappa shape index (κ2) is 2.60. The Balaban J connectivity index is 2.34. The second-order valence-corrected chi connectivity index (χ2v) is 3.38. The van der Waals surface area contributed by atoms with E-state index in [9.17, 15) is 19.3 Å². The van der Waals surface area contributed by atoms with Crippen LogP contribution in [-0.2, 0) is 14.4 Å². The van der Waals surface area contributed by atoms with Gasteiger partial charge in [0, 0.05) is 0 Å². The molecule has 1 heterocycles. The molecule has 0 unspecified atom stereocenters. The summed E-state index contributed by atoms with van der Waals surface area (Å²) in [4.78, 5) is 44.9. The molecule has 7 heteroatoms. The number of ketones is 3. The summed E-state index contributed by atoms with van der Waals surface area (Å²) in [6, 6.07) is 0. The van der Waals surface area contributed by atoms with Gasteiger partial charge in [-0.25, -0.2) is 0 Å². The molecule has 0 amide bonds. The van der Waals surface area contributed by atoms with E-state index >= 15 is 0 Å². The predicted molar refractivity (Wildman–Crippen MR) is 41.8 cm³/mol. The van der Waals surface area contributed by atoms with Crippen LogP contribution < -0.4 is 10.9 Å². The van der Waals surface area contributed by atoms with E-state index in [1.54, 1.807) is 0 Å². The van der Waals surface area contributed by atoms with Crippen LogP contribution in [0.2, 0.25) is 0 Å². The topological polar surface area (TPSA) is 95.3 Å². The highest BCUT2D eigenvalue weighted by Crippen LogP contribution is 2.21. The van der Waals surface area contributed by atoms with E-state index in [0.717, 1.165) is 0 Å². The van der Waals surface area contributed by atoms with Crippen molar-refractivity contribution in [3.05, 3.63) is 4.91 Å². The molecule has 2 aliphatic rings. The molecule has 1 saturated heterocycles. The first-order valence-corrected chi connectivity index (χ1v) is 4.11. The molecule has 2 N–H and O–H groups in total. The fraction of sp³-hybridized carbons (Fsp3) is 0.571. The standard InChI is InChI=1S/C7H8N3O4/c11-4-1-5(12)7(6(13)2-4)3-8-10(14)9-7/h1-3H2,(H2,8,9,14)/q+1. The number of carbonyl (C=O) groups is 3. The van der Waals surface area contributed by atoms with Crippen molar-refractivity contribution < 1.29 is 19.4 Å². The molecule has 1 spiro atoms. The highest BCUT2D eigenvalue weighted by Gasteiger charge is 2.58. The molecule has 7 nitrogen and oxygen atoms in total. The van der Waals surface area contributed by atoms with Crippen LogP contribution in [-0.4, -0.2) is 34.4 Å². The number of hydrogen-bond acceptors (Lipinski definition) is 4. The zero-order chi connectivity index (χ0) is 10.3. The minimum absolute atomic E-state index is 0.0819. The Morgan fingerprint density at radius 2 is 1.71 bits per heavy atom. The third-order valence-electron chi connectivity index (χ3n) is 2.45. The molecule has 1 saturated carbocycles. The summed E-state index contributed by atoms with van der Waals surface area (Å²) in [5.41, 5.74) is 2.97. The minimum atomic E-state index is -1.50. The van der Waals surface area contributed by atoms with Crippen molar-refractivity contribution in [1.29, 1.82) is 0 Å². The SMILES string of the molecule is O=C1CC(=O)C2(CN[N+](=O)N2)C(=O)C1. The van der Waals surface area contributed by atoms with E-state index in [1.807, 2.05) is 0 Å². The van der Waals surface area contributed by atoms with Gasteiger partial charge in [0.15, 0.2) is 11.6 Å². The van der Waals surface area contributed by atoms with E-state index in [1.165, 1.54) is 0 Å². The summed E-state index contributed by atoms with van der Waals surface area (Å²) in [6.45, 7) is -0.0819. The van der Waals surface area contributed by atoms with Gasteiger partial charge in [0.05, 0.1) is 17.7 Å². The molecular weight excluding hydrogens is 190 g/mol. The highest BCUT2D eigenvalue weighted by atomic mass is 16.4. The molecule has 0 aromatic rings. The van der Waals surface area contributed by atoms with Crippen LogP contribution in [0.4, 0.5) is 0 Å². The highest BCUT2D eigenvalue weighted by molar-refractivity contribution is 6.26. The van der Waals surface area contributed by atoms with E-state index < -0.39 is 22.9 Å². The fourth-order valence-corrected chi connectivity index (χ4v) is 1.64. The molecule has 0 radical (unpaired) electrons. The molecule has 0 atom stereocenters. The smallest absolute Gasteiger partial charge is 0.247 e. The molecule has 0 aromatic carbocycles. The predicted octanol–water partition coefficient (Wildman–Crippen LogP) is -1.97. The van der Waals surface area contributed by atoms with Crippen molar-refractivity contribution in [1.82, 2.24) is 10.9 Å². The number of Topliss-reactive ketones (excluding diaryl/α,β-unsaturated/α-hetero) is 3. The van der Waals surface area contributed by atoms with E-state index in [2.05, 4.69) is 10.9 Å². The van der Waals surface area contributed by atoms with Gasteiger partial charge in [0.25, 0.3) is 0 Å². The number of nitrogens with one attached hydrogen (secondary N) is 2. The van der Waals surface area contributed by atoms with Gasteiger partial charge < -0.3 is 0 Å². The van der Waals surface area contributed by atoms with Gasteiger partial charge in [-0.05, 0) is 0 Å². The third kappa shape index (κ3) is 1.02. The Labute approximate surface area is 78.3 Å². The van der Waals surface area contributed by atoms with Crippen LogP contribution in [0.15, 0.2) is 0 Å². The normalized spacial score (nSPS) is 25.1. The molecular formula is C7H8N3O4+. The zero-order valence-electron chi connectivity index (χ0n) is 7.20. The maximum Gasteiger partial charge on any atom is 0.247 e. The Morgan fingerprint density at radius 3 is 2.14 bits per heavy atom. The lowest BCUT2D eigenvalue weighted by atomic mass is 9.79. The van der Waals surface area contributed by atoms with Crippen molar-refractivity contribution in [3.63, 3.8) is 0 Å². The third-order valence-corrected chi connectivity index (χ3v) is 2.45. The number of carbonyl (C=O) groups excluding carboxylic acids is 3. The number of hydrogen-bond donors (Lipinski definition) is 2. The average molecular weight is 198 g/mol. The summed E-state index contributed by atoms with van der Waals surface area (Å²) < 4.78 is 0. The average Bonchev–Trinajstić information content (AvgIpc) is 2.46. The Hall–Kier alpha value is -1.79.